The summed E-state index contributed by atoms with van der Waals surface area (Å²) in [4.78, 5) is 17.1. The van der Waals surface area contributed by atoms with Gasteiger partial charge in [-0.15, -0.1) is 12.4 Å². The van der Waals surface area contributed by atoms with E-state index in [9.17, 15) is 4.79 Å². The highest BCUT2D eigenvalue weighted by molar-refractivity contribution is 5.92. The Bertz CT molecular complexity index is 526. The Kier molecular flexibility index (Phi) is 7.49. The molecule has 2 saturated heterocycles. The predicted molar refractivity (Wildman–Crippen MR) is 101 cm³/mol. The van der Waals surface area contributed by atoms with Gasteiger partial charge in [0.15, 0.2) is 0 Å². The van der Waals surface area contributed by atoms with Gasteiger partial charge >= 0.3 is 0 Å². The van der Waals surface area contributed by atoms with Crippen LogP contribution in [0.3, 0.4) is 0 Å². The molecule has 2 heterocycles. The van der Waals surface area contributed by atoms with Gasteiger partial charge in [-0.3, -0.25) is 14.6 Å². The third-order valence-corrected chi connectivity index (χ3v) is 4.94. The predicted octanol–water partition coefficient (Wildman–Crippen LogP) is 1.59. The van der Waals surface area contributed by atoms with Crippen molar-refractivity contribution in [3.8, 4) is 0 Å². The number of nitrogens with one attached hydrogen (secondary N) is 2. The van der Waals surface area contributed by atoms with Gasteiger partial charge < -0.3 is 10.6 Å². The Hall–Kier alpha value is -1.14. The molecule has 1 atom stereocenters. The van der Waals surface area contributed by atoms with Crippen molar-refractivity contribution in [2.45, 2.75) is 25.8 Å². The number of carbonyl (C=O) groups excluding carboxylic acids is 1. The first-order valence-corrected chi connectivity index (χ1v) is 8.80. The maximum atomic E-state index is 12.2. The molecule has 2 fully saturated rings. The van der Waals surface area contributed by atoms with Crippen LogP contribution in [0.2, 0.25) is 0 Å². The van der Waals surface area contributed by atoms with Crippen molar-refractivity contribution in [3.05, 3.63) is 29.8 Å². The first kappa shape index (κ1) is 19.2. The highest BCUT2D eigenvalue weighted by Gasteiger charge is 2.26. The van der Waals surface area contributed by atoms with Gasteiger partial charge in [0.25, 0.3) is 0 Å². The molecule has 2 N–H and O–H groups in total. The molecule has 0 spiro atoms. The number of nitrogens with zero attached hydrogens (tertiary/aromatic N) is 2. The van der Waals surface area contributed by atoms with Crippen LogP contribution in [0.25, 0.3) is 0 Å². The van der Waals surface area contributed by atoms with Crippen LogP contribution in [-0.2, 0) is 11.2 Å². The molecule has 1 amide bonds. The quantitative estimate of drug-likeness (QED) is 0.845. The van der Waals surface area contributed by atoms with Gasteiger partial charge in [0, 0.05) is 44.5 Å². The lowest BCUT2D eigenvalue weighted by Crippen LogP contribution is -2.52. The van der Waals surface area contributed by atoms with Crippen molar-refractivity contribution in [2.24, 2.45) is 0 Å². The van der Waals surface area contributed by atoms with E-state index < -0.39 is 0 Å². The zero-order valence-corrected chi connectivity index (χ0v) is 15.3. The average Bonchev–Trinajstić information content (AvgIpc) is 3.10. The molecule has 134 valence electrons. The second-order valence-corrected chi connectivity index (χ2v) is 6.56. The molecular formula is C18H29ClN4O. The average molecular weight is 353 g/mol. The topological polar surface area (TPSA) is 47.6 Å². The lowest BCUT2D eigenvalue weighted by molar-refractivity contribution is -0.117. The minimum absolute atomic E-state index is 0. The fraction of sp³-hybridized carbons (Fsp3) is 0.611. The van der Waals surface area contributed by atoms with Crippen LogP contribution in [0, 0.1) is 0 Å². The number of piperazine rings is 1. The number of benzene rings is 1. The van der Waals surface area contributed by atoms with Crippen LogP contribution < -0.4 is 10.6 Å². The van der Waals surface area contributed by atoms with Gasteiger partial charge in [-0.25, -0.2) is 0 Å². The molecule has 2 aliphatic heterocycles. The van der Waals surface area contributed by atoms with Crippen LogP contribution in [0.1, 0.15) is 18.9 Å². The van der Waals surface area contributed by atoms with Crippen LogP contribution >= 0.6 is 12.4 Å². The van der Waals surface area contributed by atoms with Crippen molar-refractivity contribution < 1.29 is 4.79 Å². The maximum Gasteiger partial charge on any atom is 0.238 e. The molecular weight excluding hydrogens is 324 g/mol. The Morgan fingerprint density at radius 3 is 2.75 bits per heavy atom. The largest absolute Gasteiger partial charge is 0.325 e. The number of aryl methyl sites for hydroxylation is 1. The molecule has 6 heteroatoms. The number of amides is 1. The molecule has 0 aromatic heterocycles. The normalized spacial score (nSPS) is 22.1. The van der Waals surface area contributed by atoms with Crippen molar-refractivity contribution >= 4 is 24.0 Å². The summed E-state index contributed by atoms with van der Waals surface area (Å²) in [5.74, 6) is 0.0919. The summed E-state index contributed by atoms with van der Waals surface area (Å²) in [7, 11) is 0. The second-order valence-electron chi connectivity index (χ2n) is 6.56. The monoisotopic (exact) mass is 352 g/mol. The Labute approximate surface area is 151 Å². The van der Waals surface area contributed by atoms with Crippen molar-refractivity contribution in [1.82, 2.24) is 15.1 Å². The van der Waals surface area contributed by atoms with Gasteiger partial charge in [0.05, 0.1) is 6.54 Å². The maximum absolute atomic E-state index is 12.2. The van der Waals surface area contributed by atoms with Gasteiger partial charge in [0.2, 0.25) is 5.91 Å². The summed E-state index contributed by atoms with van der Waals surface area (Å²) < 4.78 is 0. The molecule has 1 unspecified atom stereocenters. The number of hydrogen-bond donors (Lipinski definition) is 2. The standard InChI is InChI=1S/C18H28N4O.ClH/c1-2-15-4-3-5-16(12-15)20-18(23)14-21-8-10-22(11-9-21)17-6-7-19-13-17;/h3-5,12,17,19H,2,6-11,13-14H2,1H3,(H,20,23);1H. The summed E-state index contributed by atoms with van der Waals surface area (Å²) in [5.41, 5.74) is 2.16. The molecule has 1 aromatic rings. The number of hydrogen-bond acceptors (Lipinski definition) is 4. The van der Waals surface area contributed by atoms with E-state index in [1.165, 1.54) is 12.0 Å². The van der Waals surface area contributed by atoms with Crippen LogP contribution in [0.5, 0.6) is 0 Å². The van der Waals surface area contributed by atoms with Crippen molar-refractivity contribution in [1.29, 1.82) is 0 Å². The third kappa shape index (κ3) is 5.18. The molecule has 5 nitrogen and oxygen atoms in total. The van der Waals surface area contributed by atoms with E-state index in [-0.39, 0.29) is 18.3 Å². The zero-order chi connectivity index (χ0) is 16.1. The van der Waals surface area contributed by atoms with E-state index >= 15 is 0 Å². The molecule has 3 rings (SSSR count). The number of rotatable bonds is 5. The zero-order valence-electron chi connectivity index (χ0n) is 14.5. The van der Waals surface area contributed by atoms with E-state index in [1.54, 1.807) is 0 Å². The van der Waals surface area contributed by atoms with Gasteiger partial charge in [-0.1, -0.05) is 19.1 Å². The van der Waals surface area contributed by atoms with Gasteiger partial charge in [0.1, 0.15) is 0 Å². The molecule has 24 heavy (non-hydrogen) atoms. The van der Waals surface area contributed by atoms with Gasteiger partial charge in [-0.05, 0) is 37.1 Å². The Morgan fingerprint density at radius 2 is 2.08 bits per heavy atom. The number of halogens is 1. The molecule has 0 saturated carbocycles. The Balaban J connectivity index is 0.00000208. The van der Waals surface area contributed by atoms with Gasteiger partial charge in [-0.2, -0.15) is 0 Å². The van der Waals surface area contributed by atoms with E-state index in [4.69, 9.17) is 0 Å². The summed E-state index contributed by atoms with van der Waals surface area (Å²) in [6.07, 6.45) is 2.25. The summed E-state index contributed by atoms with van der Waals surface area (Å²) in [6, 6.07) is 8.81. The fourth-order valence-electron chi connectivity index (χ4n) is 3.51. The third-order valence-electron chi connectivity index (χ3n) is 4.94. The first-order valence-electron chi connectivity index (χ1n) is 8.80. The number of carbonyl (C=O) groups is 1. The molecule has 0 radical (unpaired) electrons. The fourth-order valence-corrected chi connectivity index (χ4v) is 3.51. The number of anilines is 1. The minimum atomic E-state index is 0. The van der Waals surface area contributed by atoms with E-state index in [0.29, 0.717) is 12.6 Å². The molecule has 0 bridgehead atoms. The SMILES string of the molecule is CCc1cccc(NC(=O)CN2CCN(C3CCNC3)CC2)c1.Cl. The summed E-state index contributed by atoms with van der Waals surface area (Å²) in [5, 5.41) is 6.46. The lowest BCUT2D eigenvalue weighted by Gasteiger charge is -2.37. The van der Waals surface area contributed by atoms with Crippen LogP contribution in [-0.4, -0.2) is 67.6 Å². The summed E-state index contributed by atoms with van der Waals surface area (Å²) >= 11 is 0. The minimum Gasteiger partial charge on any atom is -0.325 e. The Morgan fingerprint density at radius 1 is 1.29 bits per heavy atom. The summed E-state index contributed by atoms with van der Waals surface area (Å²) in [6.45, 7) is 9.00. The van der Waals surface area contributed by atoms with E-state index in [0.717, 1.165) is 51.4 Å². The second kappa shape index (κ2) is 9.37. The van der Waals surface area contributed by atoms with Crippen molar-refractivity contribution in [3.63, 3.8) is 0 Å². The van der Waals surface area contributed by atoms with Crippen molar-refractivity contribution in [2.75, 3.05) is 51.1 Å². The highest BCUT2D eigenvalue weighted by Crippen LogP contribution is 2.13. The molecule has 1 aromatic carbocycles. The highest BCUT2D eigenvalue weighted by atomic mass is 35.5. The first-order chi connectivity index (χ1) is 11.2. The molecule has 2 aliphatic rings. The lowest BCUT2D eigenvalue weighted by atomic mass is 10.1. The smallest absolute Gasteiger partial charge is 0.238 e. The van der Waals surface area contributed by atoms with E-state index in [1.807, 2.05) is 12.1 Å². The molecule has 0 aliphatic carbocycles. The van der Waals surface area contributed by atoms with E-state index in [2.05, 4.69) is 39.5 Å². The van der Waals surface area contributed by atoms with Crippen LogP contribution in [0.15, 0.2) is 24.3 Å². The van der Waals surface area contributed by atoms with Crippen LogP contribution in [0.4, 0.5) is 5.69 Å².